The van der Waals surface area contributed by atoms with Gasteiger partial charge in [0.1, 0.15) is 6.61 Å². The lowest BCUT2D eigenvalue weighted by Crippen LogP contribution is -2.46. The first-order valence-corrected chi connectivity index (χ1v) is 4.77. The van der Waals surface area contributed by atoms with Crippen LogP contribution in [0.15, 0.2) is 30.3 Å². The minimum Gasteiger partial charge on any atom is -0.548 e. The number of hydrogen-bond donors (Lipinski definition) is 1. The molecule has 1 aromatic rings. The lowest BCUT2D eigenvalue weighted by molar-refractivity contribution is -0.307. The van der Waals surface area contributed by atoms with Gasteiger partial charge in [0.15, 0.2) is 0 Å². The van der Waals surface area contributed by atoms with Gasteiger partial charge in [0, 0.05) is 0 Å². The SMILES string of the molecule is C[C@@H](NC(=O)OCc1ccccc1)C(=O)[O-]. The lowest BCUT2D eigenvalue weighted by atomic mass is 10.2. The summed E-state index contributed by atoms with van der Waals surface area (Å²) < 4.78 is 4.81. The van der Waals surface area contributed by atoms with Gasteiger partial charge in [0.05, 0.1) is 12.0 Å². The molecule has 0 radical (unpaired) electrons. The number of carbonyl (C=O) groups is 2. The zero-order valence-corrected chi connectivity index (χ0v) is 8.80. The number of ether oxygens (including phenoxy) is 1. The third kappa shape index (κ3) is 4.00. The zero-order chi connectivity index (χ0) is 12.0. The normalized spacial score (nSPS) is 11.6. The second-order valence-electron chi connectivity index (χ2n) is 3.25. The Morgan fingerprint density at radius 3 is 2.56 bits per heavy atom. The maximum atomic E-state index is 11.1. The van der Waals surface area contributed by atoms with Crippen LogP contribution in [-0.2, 0) is 16.1 Å². The second kappa shape index (κ2) is 5.75. The predicted molar refractivity (Wildman–Crippen MR) is 54.2 cm³/mol. The molecule has 0 spiro atoms. The quantitative estimate of drug-likeness (QED) is 0.780. The van der Waals surface area contributed by atoms with Crippen LogP contribution in [0, 0.1) is 0 Å². The Morgan fingerprint density at radius 1 is 1.38 bits per heavy atom. The Bertz CT molecular complexity index is 364. The minimum absolute atomic E-state index is 0.104. The van der Waals surface area contributed by atoms with Crippen LogP contribution in [0.3, 0.4) is 0 Å². The molecule has 1 atom stereocenters. The van der Waals surface area contributed by atoms with Crippen molar-refractivity contribution in [3.63, 3.8) is 0 Å². The first kappa shape index (κ1) is 12.0. The van der Waals surface area contributed by atoms with E-state index in [0.717, 1.165) is 5.56 Å². The molecule has 1 aromatic carbocycles. The van der Waals surface area contributed by atoms with Crippen LogP contribution in [-0.4, -0.2) is 18.1 Å². The highest BCUT2D eigenvalue weighted by Crippen LogP contribution is 2.00. The number of aliphatic carboxylic acids is 1. The second-order valence-corrected chi connectivity index (χ2v) is 3.25. The van der Waals surface area contributed by atoms with Crippen molar-refractivity contribution in [1.29, 1.82) is 0 Å². The molecular formula is C11H12NO4-. The summed E-state index contributed by atoms with van der Waals surface area (Å²) in [5.74, 6) is -1.35. The first-order valence-electron chi connectivity index (χ1n) is 4.77. The van der Waals surface area contributed by atoms with Gasteiger partial charge in [0.2, 0.25) is 0 Å². The summed E-state index contributed by atoms with van der Waals surface area (Å²) in [5, 5.41) is 12.5. The highest BCUT2D eigenvalue weighted by atomic mass is 16.5. The molecule has 0 aliphatic carbocycles. The molecule has 5 heteroatoms. The smallest absolute Gasteiger partial charge is 0.407 e. The van der Waals surface area contributed by atoms with Crippen LogP contribution in [0.2, 0.25) is 0 Å². The average Bonchev–Trinajstić information content (AvgIpc) is 2.27. The van der Waals surface area contributed by atoms with Gasteiger partial charge in [-0.3, -0.25) is 0 Å². The number of hydrogen-bond acceptors (Lipinski definition) is 4. The van der Waals surface area contributed by atoms with Crippen molar-refractivity contribution >= 4 is 12.1 Å². The fourth-order valence-electron chi connectivity index (χ4n) is 1.00. The summed E-state index contributed by atoms with van der Waals surface area (Å²) in [5.41, 5.74) is 0.832. The van der Waals surface area contributed by atoms with Gasteiger partial charge < -0.3 is 20.0 Å². The van der Waals surface area contributed by atoms with Crippen molar-refractivity contribution in [2.45, 2.75) is 19.6 Å². The number of amides is 1. The van der Waals surface area contributed by atoms with Gasteiger partial charge in [-0.2, -0.15) is 0 Å². The fourth-order valence-corrected chi connectivity index (χ4v) is 1.00. The Kier molecular flexibility index (Phi) is 4.32. The minimum atomic E-state index is -1.35. The van der Waals surface area contributed by atoms with E-state index in [1.54, 1.807) is 12.1 Å². The van der Waals surface area contributed by atoms with E-state index in [-0.39, 0.29) is 6.61 Å². The van der Waals surface area contributed by atoms with Crippen molar-refractivity contribution in [3.05, 3.63) is 35.9 Å². The van der Waals surface area contributed by atoms with Crippen molar-refractivity contribution in [2.24, 2.45) is 0 Å². The van der Waals surface area contributed by atoms with E-state index in [2.05, 4.69) is 5.32 Å². The molecule has 1 N–H and O–H groups in total. The van der Waals surface area contributed by atoms with Gasteiger partial charge in [-0.25, -0.2) is 4.79 Å². The molecule has 0 aliphatic rings. The summed E-state index contributed by atoms with van der Waals surface area (Å²) in [7, 11) is 0. The number of benzene rings is 1. The number of carboxylic acids is 1. The van der Waals surface area contributed by atoms with Gasteiger partial charge in [-0.1, -0.05) is 30.3 Å². The molecule has 1 amide bonds. The molecule has 0 aliphatic heterocycles. The van der Waals surface area contributed by atoms with Crippen LogP contribution in [0.5, 0.6) is 0 Å². The van der Waals surface area contributed by atoms with Crippen LogP contribution < -0.4 is 10.4 Å². The highest BCUT2D eigenvalue weighted by Gasteiger charge is 2.08. The Labute approximate surface area is 93.0 Å². The van der Waals surface area contributed by atoms with E-state index in [1.165, 1.54) is 6.92 Å². The molecule has 0 unspecified atom stereocenters. The van der Waals surface area contributed by atoms with Gasteiger partial charge >= 0.3 is 6.09 Å². The maximum Gasteiger partial charge on any atom is 0.407 e. The molecule has 0 aromatic heterocycles. The van der Waals surface area contributed by atoms with E-state index in [4.69, 9.17) is 4.74 Å². The van der Waals surface area contributed by atoms with E-state index in [9.17, 15) is 14.7 Å². The van der Waals surface area contributed by atoms with E-state index in [0.29, 0.717) is 0 Å². The molecule has 86 valence electrons. The third-order valence-electron chi connectivity index (χ3n) is 1.90. The van der Waals surface area contributed by atoms with Crippen LogP contribution >= 0.6 is 0 Å². The number of carboxylic acid groups (broad SMARTS) is 1. The summed E-state index contributed by atoms with van der Waals surface area (Å²) >= 11 is 0. The number of rotatable bonds is 4. The Balaban J connectivity index is 2.33. The Hall–Kier alpha value is -2.04. The molecule has 0 saturated heterocycles. The Morgan fingerprint density at radius 2 is 2.00 bits per heavy atom. The van der Waals surface area contributed by atoms with Crippen molar-refractivity contribution < 1.29 is 19.4 Å². The first-order chi connectivity index (χ1) is 7.59. The van der Waals surface area contributed by atoms with Crippen LogP contribution in [0.4, 0.5) is 4.79 Å². The van der Waals surface area contributed by atoms with Crippen LogP contribution in [0.25, 0.3) is 0 Å². The van der Waals surface area contributed by atoms with Crippen molar-refractivity contribution in [2.75, 3.05) is 0 Å². The fraction of sp³-hybridized carbons (Fsp3) is 0.273. The van der Waals surface area contributed by atoms with Gasteiger partial charge in [-0.05, 0) is 12.5 Å². The topological polar surface area (TPSA) is 78.5 Å². The van der Waals surface area contributed by atoms with E-state index in [1.807, 2.05) is 18.2 Å². The maximum absolute atomic E-state index is 11.1. The molecule has 0 bridgehead atoms. The van der Waals surface area contributed by atoms with Crippen LogP contribution in [0.1, 0.15) is 12.5 Å². The number of carbonyl (C=O) groups excluding carboxylic acids is 2. The average molecular weight is 222 g/mol. The zero-order valence-electron chi connectivity index (χ0n) is 8.80. The lowest BCUT2D eigenvalue weighted by Gasteiger charge is -2.14. The largest absolute Gasteiger partial charge is 0.548 e. The van der Waals surface area contributed by atoms with Gasteiger partial charge in [-0.15, -0.1) is 0 Å². The van der Waals surface area contributed by atoms with E-state index < -0.39 is 18.1 Å². The molecule has 16 heavy (non-hydrogen) atoms. The summed E-state index contributed by atoms with van der Waals surface area (Å²) in [4.78, 5) is 21.4. The number of nitrogens with one attached hydrogen (secondary N) is 1. The third-order valence-corrected chi connectivity index (χ3v) is 1.90. The van der Waals surface area contributed by atoms with Crippen molar-refractivity contribution in [1.82, 2.24) is 5.32 Å². The molecule has 0 saturated carbocycles. The highest BCUT2D eigenvalue weighted by molar-refractivity contribution is 5.78. The molecule has 1 rings (SSSR count). The summed E-state index contributed by atoms with van der Waals surface area (Å²) in [6.45, 7) is 1.41. The predicted octanol–water partition coefficient (Wildman–Crippen LogP) is 0.0512. The molecule has 0 fully saturated rings. The summed E-state index contributed by atoms with van der Waals surface area (Å²) in [6, 6.07) is 8.02. The monoisotopic (exact) mass is 222 g/mol. The van der Waals surface area contributed by atoms with Crippen molar-refractivity contribution in [3.8, 4) is 0 Å². The molecule has 0 heterocycles. The molecule has 5 nitrogen and oxygen atoms in total. The summed E-state index contributed by atoms with van der Waals surface area (Å²) in [6.07, 6.45) is -0.777. The standard InChI is InChI=1S/C11H13NO4/c1-8(10(13)14)12-11(15)16-7-9-5-3-2-4-6-9/h2-6,8H,7H2,1H3,(H,12,15)(H,13,14)/p-1/t8-/m1/s1. The van der Waals surface area contributed by atoms with E-state index >= 15 is 0 Å². The number of alkyl carbamates (subject to hydrolysis) is 1. The molecular weight excluding hydrogens is 210 g/mol. The van der Waals surface area contributed by atoms with Gasteiger partial charge in [0.25, 0.3) is 0 Å².